The topological polar surface area (TPSA) is 104 Å². The maximum Gasteiger partial charge on any atom is 0.206 e. The predicted octanol–water partition coefficient (Wildman–Crippen LogP) is 1.78. The van der Waals surface area contributed by atoms with Crippen molar-refractivity contribution in [3.8, 4) is 28.7 Å². The second kappa shape index (κ2) is 6.90. The van der Waals surface area contributed by atoms with Gasteiger partial charge >= 0.3 is 0 Å². The van der Waals surface area contributed by atoms with E-state index in [9.17, 15) is 15.0 Å². The molecule has 0 aliphatic carbocycles. The van der Waals surface area contributed by atoms with Crippen LogP contribution in [0.2, 0.25) is 0 Å². The molecule has 2 aromatic rings. The highest BCUT2D eigenvalue weighted by atomic mass is 16.6. The minimum absolute atomic E-state index is 0.0263. The van der Waals surface area contributed by atoms with Crippen LogP contribution in [0, 0.1) is 0 Å². The summed E-state index contributed by atoms with van der Waals surface area (Å²) >= 11 is 0. The van der Waals surface area contributed by atoms with Crippen molar-refractivity contribution >= 4 is 5.78 Å². The summed E-state index contributed by atoms with van der Waals surface area (Å²) in [7, 11) is 2.97. The number of carbonyl (C=O) groups is 1. The average molecular weight is 426 g/mol. The lowest BCUT2D eigenvalue weighted by Gasteiger charge is -2.43. The monoisotopic (exact) mass is 426 g/mol. The number of aliphatic hydroxyl groups excluding tert-OH is 1. The molecule has 0 saturated carbocycles. The van der Waals surface area contributed by atoms with Crippen molar-refractivity contribution in [3.05, 3.63) is 53.1 Å². The van der Waals surface area contributed by atoms with Gasteiger partial charge in [-0.05, 0) is 23.8 Å². The van der Waals surface area contributed by atoms with Gasteiger partial charge in [-0.15, -0.1) is 0 Å². The van der Waals surface area contributed by atoms with Crippen LogP contribution in [-0.2, 0) is 12.0 Å². The first-order valence-electron chi connectivity index (χ1n) is 9.86. The first-order valence-corrected chi connectivity index (χ1v) is 9.86. The van der Waals surface area contributed by atoms with Gasteiger partial charge in [-0.2, -0.15) is 0 Å². The molecule has 0 saturated heterocycles. The molecule has 0 radical (unpaired) electrons. The van der Waals surface area contributed by atoms with E-state index >= 15 is 0 Å². The van der Waals surface area contributed by atoms with Crippen LogP contribution in [0.15, 0.2) is 36.4 Å². The first kappa shape index (κ1) is 19.7. The Morgan fingerprint density at radius 1 is 1.19 bits per heavy atom. The van der Waals surface area contributed by atoms with Gasteiger partial charge in [-0.25, -0.2) is 0 Å². The highest BCUT2D eigenvalue weighted by Crippen LogP contribution is 2.51. The number of hydrogen-bond acceptors (Lipinski definition) is 8. The quantitative estimate of drug-likeness (QED) is 0.714. The Balaban J connectivity index is 1.61. The number of aliphatic hydroxyl groups is 2. The first-order chi connectivity index (χ1) is 14.9. The van der Waals surface area contributed by atoms with Crippen LogP contribution in [0.25, 0.3) is 0 Å². The van der Waals surface area contributed by atoms with Crippen molar-refractivity contribution in [1.82, 2.24) is 0 Å². The van der Waals surface area contributed by atoms with E-state index in [2.05, 4.69) is 6.58 Å². The fraction of sp³-hybridized carbons (Fsp3) is 0.348. The number of methoxy groups -OCH3 is 2. The Hall–Kier alpha value is -3.23. The largest absolute Gasteiger partial charge is 0.493 e. The lowest BCUT2D eigenvalue weighted by molar-refractivity contribution is -0.0802. The van der Waals surface area contributed by atoms with Crippen LogP contribution in [0.3, 0.4) is 0 Å². The fourth-order valence-corrected chi connectivity index (χ4v) is 4.41. The van der Waals surface area contributed by atoms with E-state index in [1.54, 1.807) is 24.3 Å². The molecule has 0 amide bonds. The van der Waals surface area contributed by atoms with E-state index in [0.717, 1.165) is 0 Å². The van der Waals surface area contributed by atoms with E-state index in [-0.39, 0.29) is 24.3 Å². The zero-order valence-electron chi connectivity index (χ0n) is 17.1. The molecule has 3 aliphatic rings. The third-order valence-electron chi connectivity index (χ3n) is 6.14. The molecule has 3 aliphatic heterocycles. The molecule has 3 heterocycles. The fourth-order valence-electron chi connectivity index (χ4n) is 4.41. The number of hydrogen-bond donors (Lipinski definition) is 2. The van der Waals surface area contributed by atoms with Crippen molar-refractivity contribution < 1.29 is 38.7 Å². The van der Waals surface area contributed by atoms with Crippen LogP contribution < -0.4 is 23.7 Å². The zero-order chi connectivity index (χ0) is 21.9. The van der Waals surface area contributed by atoms with E-state index < -0.39 is 23.6 Å². The van der Waals surface area contributed by atoms with Crippen molar-refractivity contribution in [2.24, 2.45) is 0 Å². The lowest BCUT2D eigenvalue weighted by Crippen LogP contribution is -2.57. The van der Waals surface area contributed by atoms with Crippen molar-refractivity contribution in [3.63, 3.8) is 0 Å². The molecule has 0 bridgehead atoms. The van der Waals surface area contributed by atoms with E-state index in [1.807, 2.05) is 0 Å². The molecule has 3 atom stereocenters. The Morgan fingerprint density at radius 3 is 2.65 bits per heavy atom. The van der Waals surface area contributed by atoms with E-state index in [4.69, 9.17) is 23.7 Å². The molecule has 162 valence electrons. The van der Waals surface area contributed by atoms with Gasteiger partial charge in [-0.3, -0.25) is 4.79 Å². The molecule has 2 aromatic carbocycles. The van der Waals surface area contributed by atoms with E-state index in [1.165, 1.54) is 14.2 Å². The maximum absolute atomic E-state index is 13.6. The van der Waals surface area contributed by atoms with Gasteiger partial charge in [0, 0.05) is 23.6 Å². The second-order valence-electron chi connectivity index (χ2n) is 7.76. The Kier molecular flexibility index (Phi) is 4.39. The Bertz CT molecular complexity index is 1110. The molecule has 5 rings (SSSR count). The highest BCUT2D eigenvalue weighted by molar-refractivity contribution is 6.07. The standard InChI is InChI=1S/C23H22O8/c1-11(9-24)16-6-13-15(30-16)5-4-12-21(13)31-20-10-29-17-8-19(28-3)18(27-2)7-14(17)23(20,26)22(12)25/h4-5,7-8,16,20,24,26H,1,6,9-10H2,2-3H3/t16-,20-,23-/m1/s1. The molecule has 0 fully saturated rings. The molecule has 8 nitrogen and oxygen atoms in total. The van der Waals surface area contributed by atoms with Gasteiger partial charge in [0.15, 0.2) is 23.2 Å². The molecule has 2 N–H and O–H groups in total. The molecule has 0 spiro atoms. The lowest BCUT2D eigenvalue weighted by atomic mass is 9.77. The van der Waals surface area contributed by atoms with Crippen molar-refractivity contribution in [2.75, 3.05) is 27.4 Å². The minimum Gasteiger partial charge on any atom is -0.493 e. The Morgan fingerprint density at radius 2 is 1.94 bits per heavy atom. The number of fused-ring (bicyclic) bond motifs is 6. The number of ketones is 1. The molecular formula is C23H22O8. The molecule has 31 heavy (non-hydrogen) atoms. The third-order valence-corrected chi connectivity index (χ3v) is 6.14. The van der Waals surface area contributed by atoms with E-state index in [0.29, 0.717) is 46.3 Å². The summed E-state index contributed by atoms with van der Waals surface area (Å²) in [4.78, 5) is 13.6. The SMILES string of the molecule is C=C(CO)[C@H]1Cc2c(ccc3c2O[C@@H]2COc4cc(OC)c(OC)cc4[C@]2(O)C3=O)O1. The Labute approximate surface area is 178 Å². The van der Waals surface area contributed by atoms with Crippen molar-refractivity contribution in [1.29, 1.82) is 0 Å². The summed E-state index contributed by atoms with van der Waals surface area (Å²) in [5, 5.41) is 21.0. The normalized spacial score (nSPS) is 25.1. The molecule has 0 aromatic heterocycles. The minimum atomic E-state index is -1.94. The van der Waals surface area contributed by atoms with Gasteiger partial charge in [0.25, 0.3) is 0 Å². The molecule has 8 heteroatoms. The summed E-state index contributed by atoms with van der Waals surface area (Å²) in [6.45, 7) is 3.61. The summed E-state index contributed by atoms with van der Waals surface area (Å²) in [6.07, 6.45) is -0.936. The van der Waals surface area contributed by atoms with Gasteiger partial charge in [0.1, 0.15) is 30.0 Å². The number of ether oxygens (including phenoxy) is 5. The number of benzene rings is 2. The number of rotatable bonds is 4. The van der Waals surface area contributed by atoms with Gasteiger partial charge < -0.3 is 33.9 Å². The van der Waals surface area contributed by atoms with Gasteiger partial charge in [0.05, 0.1) is 26.4 Å². The van der Waals surface area contributed by atoms with Gasteiger partial charge in [-0.1, -0.05) is 6.58 Å². The third kappa shape index (κ3) is 2.65. The maximum atomic E-state index is 13.6. The average Bonchev–Trinajstić information content (AvgIpc) is 3.23. The number of carbonyl (C=O) groups excluding carboxylic acids is 1. The van der Waals surface area contributed by atoms with Gasteiger partial charge in [0.2, 0.25) is 5.78 Å². The van der Waals surface area contributed by atoms with Crippen LogP contribution in [0.1, 0.15) is 21.5 Å². The summed E-state index contributed by atoms with van der Waals surface area (Å²) < 4.78 is 28.5. The summed E-state index contributed by atoms with van der Waals surface area (Å²) in [5.74, 6) is 1.59. The molecule has 0 unspecified atom stereocenters. The number of Topliss-reactive ketones (excluding diaryl/α,β-unsaturated/α-hetero) is 1. The predicted molar refractivity (Wildman–Crippen MR) is 108 cm³/mol. The summed E-state index contributed by atoms with van der Waals surface area (Å²) in [6, 6.07) is 6.40. The summed E-state index contributed by atoms with van der Waals surface area (Å²) in [5.41, 5.74) is -0.161. The van der Waals surface area contributed by atoms with Crippen molar-refractivity contribution in [2.45, 2.75) is 24.2 Å². The zero-order valence-corrected chi connectivity index (χ0v) is 17.1. The molecular weight excluding hydrogens is 404 g/mol. The van der Waals surface area contributed by atoms with Crippen LogP contribution >= 0.6 is 0 Å². The van der Waals surface area contributed by atoms with Crippen LogP contribution in [0.4, 0.5) is 0 Å². The van der Waals surface area contributed by atoms with Crippen LogP contribution in [-0.4, -0.2) is 55.6 Å². The highest BCUT2D eigenvalue weighted by Gasteiger charge is 2.56. The second-order valence-corrected chi connectivity index (χ2v) is 7.76. The smallest absolute Gasteiger partial charge is 0.206 e. The van der Waals surface area contributed by atoms with Crippen LogP contribution in [0.5, 0.6) is 28.7 Å².